The molecule has 0 radical (unpaired) electrons. The summed E-state index contributed by atoms with van der Waals surface area (Å²) in [7, 11) is 0. The molecule has 28 heavy (non-hydrogen) atoms. The molecule has 3 nitrogen and oxygen atoms in total. The fourth-order valence-corrected chi connectivity index (χ4v) is 3.77. The third-order valence-electron chi connectivity index (χ3n) is 4.66. The van der Waals surface area contributed by atoms with E-state index in [0.717, 1.165) is 20.1 Å². The Labute approximate surface area is 179 Å². The van der Waals surface area contributed by atoms with Crippen molar-refractivity contribution in [2.45, 2.75) is 6.04 Å². The van der Waals surface area contributed by atoms with Gasteiger partial charge in [0, 0.05) is 8.95 Å². The number of imide groups is 1. The summed E-state index contributed by atoms with van der Waals surface area (Å²) in [4.78, 5) is 27.3. The van der Waals surface area contributed by atoms with Gasteiger partial charge in [0.1, 0.15) is 0 Å². The van der Waals surface area contributed by atoms with Crippen LogP contribution in [0, 0.1) is 0 Å². The van der Waals surface area contributed by atoms with Crippen LogP contribution in [0.3, 0.4) is 0 Å². The minimum Gasteiger partial charge on any atom is -0.269 e. The number of fused-ring (bicyclic) bond motifs is 1. The SMILES string of the molecule is O=C1c2ccccc2C(=O)N1[C@H](/C=C/c1ccc(Br)cc1)c1ccc(Br)cc1. The Hall–Kier alpha value is -2.50. The highest BCUT2D eigenvalue weighted by Gasteiger charge is 2.39. The Morgan fingerprint density at radius 2 is 1.21 bits per heavy atom. The smallest absolute Gasteiger partial charge is 0.262 e. The van der Waals surface area contributed by atoms with Crippen molar-refractivity contribution in [1.29, 1.82) is 0 Å². The van der Waals surface area contributed by atoms with E-state index in [1.807, 2.05) is 60.7 Å². The van der Waals surface area contributed by atoms with Crippen LogP contribution in [-0.2, 0) is 0 Å². The molecule has 3 aromatic carbocycles. The van der Waals surface area contributed by atoms with Gasteiger partial charge >= 0.3 is 0 Å². The molecule has 138 valence electrons. The van der Waals surface area contributed by atoms with E-state index in [9.17, 15) is 9.59 Å². The number of benzene rings is 3. The van der Waals surface area contributed by atoms with Crippen LogP contribution < -0.4 is 0 Å². The Morgan fingerprint density at radius 1 is 0.714 bits per heavy atom. The van der Waals surface area contributed by atoms with Crippen molar-refractivity contribution in [3.8, 4) is 0 Å². The first kappa shape index (κ1) is 18.8. The first-order valence-electron chi connectivity index (χ1n) is 8.71. The van der Waals surface area contributed by atoms with Gasteiger partial charge in [-0.25, -0.2) is 0 Å². The second-order valence-electron chi connectivity index (χ2n) is 6.43. The normalized spacial score (nSPS) is 14.6. The van der Waals surface area contributed by atoms with Gasteiger partial charge in [-0.15, -0.1) is 0 Å². The molecule has 0 unspecified atom stereocenters. The zero-order valence-corrected chi connectivity index (χ0v) is 17.9. The summed E-state index contributed by atoms with van der Waals surface area (Å²) in [5.41, 5.74) is 2.76. The minimum absolute atomic E-state index is 0.269. The van der Waals surface area contributed by atoms with Crippen LogP contribution in [-0.4, -0.2) is 16.7 Å². The molecule has 1 aliphatic rings. The topological polar surface area (TPSA) is 37.4 Å². The Kier molecular flexibility index (Phi) is 5.29. The van der Waals surface area contributed by atoms with E-state index in [4.69, 9.17) is 0 Å². The van der Waals surface area contributed by atoms with Crippen molar-refractivity contribution < 1.29 is 9.59 Å². The van der Waals surface area contributed by atoms with E-state index in [2.05, 4.69) is 31.9 Å². The Balaban J connectivity index is 1.75. The van der Waals surface area contributed by atoms with E-state index in [1.54, 1.807) is 24.3 Å². The van der Waals surface area contributed by atoms with Crippen LogP contribution in [0.4, 0.5) is 0 Å². The van der Waals surface area contributed by atoms with Crippen molar-refractivity contribution in [2.24, 2.45) is 0 Å². The van der Waals surface area contributed by atoms with Crippen LogP contribution in [0.1, 0.15) is 37.9 Å². The number of carbonyl (C=O) groups excluding carboxylic acids is 2. The second kappa shape index (κ2) is 7.86. The molecule has 2 amide bonds. The number of carbonyl (C=O) groups is 2. The van der Waals surface area contributed by atoms with Gasteiger partial charge in [-0.3, -0.25) is 14.5 Å². The van der Waals surface area contributed by atoms with Crippen molar-refractivity contribution >= 4 is 49.8 Å². The molecule has 0 spiro atoms. The summed E-state index contributed by atoms with van der Waals surface area (Å²) in [6.45, 7) is 0. The van der Waals surface area contributed by atoms with Crippen molar-refractivity contribution in [3.05, 3.63) is 110 Å². The van der Waals surface area contributed by atoms with Crippen LogP contribution >= 0.6 is 31.9 Å². The standard InChI is InChI=1S/C23H15Br2NO2/c24-17-10-5-15(6-11-17)7-14-21(16-8-12-18(25)13-9-16)26-22(27)19-3-1-2-4-20(19)23(26)28/h1-14,21H/b14-7+/t21-/m1/s1. The lowest BCUT2D eigenvalue weighted by atomic mass is 10.0. The number of hydrogen-bond donors (Lipinski definition) is 0. The fourth-order valence-electron chi connectivity index (χ4n) is 3.24. The first-order valence-corrected chi connectivity index (χ1v) is 10.3. The number of rotatable bonds is 4. The quantitative estimate of drug-likeness (QED) is 0.399. The molecule has 1 heterocycles. The lowest BCUT2D eigenvalue weighted by Crippen LogP contribution is -2.33. The molecule has 0 fully saturated rings. The molecule has 0 bridgehead atoms. The van der Waals surface area contributed by atoms with Gasteiger partial charge in [-0.1, -0.05) is 80.4 Å². The summed E-state index contributed by atoms with van der Waals surface area (Å²) in [5, 5.41) is 0. The maximum absolute atomic E-state index is 13.0. The predicted octanol–water partition coefficient (Wildman–Crippen LogP) is 6.26. The molecule has 0 aliphatic carbocycles. The van der Waals surface area contributed by atoms with Gasteiger partial charge in [-0.05, 0) is 47.5 Å². The van der Waals surface area contributed by atoms with E-state index in [-0.39, 0.29) is 11.8 Å². The number of halogens is 2. The third-order valence-corrected chi connectivity index (χ3v) is 5.71. The monoisotopic (exact) mass is 495 g/mol. The Bertz CT molecular complexity index is 1040. The largest absolute Gasteiger partial charge is 0.269 e. The van der Waals surface area contributed by atoms with Gasteiger partial charge < -0.3 is 0 Å². The van der Waals surface area contributed by atoms with Gasteiger partial charge in [0.25, 0.3) is 11.8 Å². The molecular formula is C23H15Br2NO2. The van der Waals surface area contributed by atoms with Crippen LogP contribution in [0.15, 0.2) is 87.8 Å². The number of nitrogens with zero attached hydrogens (tertiary/aromatic N) is 1. The Morgan fingerprint density at radius 3 is 1.75 bits per heavy atom. The van der Waals surface area contributed by atoms with Gasteiger partial charge in [0.15, 0.2) is 0 Å². The predicted molar refractivity (Wildman–Crippen MR) is 117 cm³/mol. The number of amides is 2. The van der Waals surface area contributed by atoms with E-state index < -0.39 is 6.04 Å². The molecule has 4 rings (SSSR count). The highest BCUT2D eigenvalue weighted by Crippen LogP contribution is 2.33. The average molecular weight is 497 g/mol. The van der Waals surface area contributed by atoms with Crippen LogP contribution in [0.5, 0.6) is 0 Å². The van der Waals surface area contributed by atoms with Crippen LogP contribution in [0.25, 0.3) is 6.08 Å². The highest BCUT2D eigenvalue weighted by molar-refractivity contribution is 9.10. The van der Waals surface area contributed by atoms with E-state index in [1.165, 1.54) is 4.90 Å². The van der Waals surface area contributed by atoms with Gasteiger partial charge in [0.05, 0.1) is 17.2 Å². The molecule has 3 aromatic rings. The van der Waals surface area contributed by atoms with E-state index in [0.29, 0.717) is 11.1 Å². The van der Waals surface area contributed by atoms with Crippen molar-refractivity contribution in [3.63, 3.8) is 0 Å². The van der Waals surface area contributed by atoms with Gasteiger partial charge in [-0.2, -0.15) is 0 Å². The molecular weight excluding hydrogens is 482 g/mol. The van der Waals surface area contributed by atoms with Crippen molar-refractivity contribution in [2.75, 3.05) is 0 Å². The average Bonchev–Trinajstić information content (AvgIpc) is 2.96. The van der Waals surface area contributed by atoms with Crippen molar-refractivity contribution in [1.82, 2.24) is 4.90 Å². The second-order valence-corrected chi connectivity index (χ2v) is 8.26. The summed E-state index contributed by atoms with van der Waals surface area (Å²) < 4.78 is 1.93. The number of hydrogen-bond acceptors (Lipinski definition) is 2. The first-order chi connectivity index (χ1) is 13.5. The highest BCUT2D eigenvalue weighted by atomic mass is 79.9. The molecule has 0 N–H and O–H groups in total. The molecule has 0 saturated carbocycles. The van der Waals surface area contributed by atoms with Crippen LogP contribution in [0.2, 0.25) is 0 Å². The lowest BCUT2D eigenvalue weighted by molar-refractivity contribution is 0.0614. The van der Waals surface area contributed by atoms with Gasteiger partial charge in [0.2, 0.25) is 0 Å². The summed E-state index contributed by atoms with van der Waals surface area (Å²) in [5.74, 6) is -0.539. The summed E-state index contributed by atoms with van der Waals surface area (Å²) in [6, 6.07) is 22.0. The zero-order chi connectivity index (χ0) is 19.7. The lowest BCUT2D eigenvalue weighted by Gasteiger charge is -2.24. The minimum atomic E-state index is -0.496. The molecule has 1 atom stereocenters. The summed E-state index contributed by atoms with van der Waals surface area (Å²) >= 11 is 6.87. The maximum atomic E-state index is 13.0. The third kappa shape index (κ3) is 3.60. The van der Waals surface area contributed by atoms with E-state index >= 15 is 0 Å². The summed E-state index contributed by atoms with van der Waals surface area (Å²) in [6.07, 6.45) is 3.83. The molecule has 5 heteroatoms. The fraction of sp³-hybridized carbons (Fsp3) is 0.0435. The molecule has 1 aliphatic heterocycles. The maximum Gasteiger partial charge on any atom is 0.262 e. The molecule has 0 saturated heterocycles. The zero-order valence-electron chi connectivity index (χ0n) is 14.7. The molecule has 0 aromatic heterocycles.